The van der Waals surface area contributed by atoms with Crippen LogP contribution in [0.4, 0.5) is 13.2 Å². The first-order valence-electron chi connectivity index (χ1n) is 12.6. The maximum absolute atomic E-state index is 12.6. The van der Waals surface area contributed by atoms with E-state index in [-0.39, 0.29) is 17.9 Å². The Morgan fingerprint density at radius 3 is 2.52 bits per heavy atom. The van der Waals surface area contributed by atoms with Gasteiger partial charge in [-0.3, -0.25) is 0 Å². The van der Waals surface area contributed by atoms with Crippen LogP contribution in [0.15, 0.2) is 11.6 Å². The van der Waals surface area contributed by atoms with E-state index in [2.05, 4.69) is 26.8 Å². The van der Waals surface area contributed by atoms with Gasteiger partial charge in [-0.2, -0.15) is 13.2 Å². The van der Waals surface area contributed by atoms with Crippen molar-refractivity contribution in [3.05, 3.63) is 11.6 Å². The number of halogens is 3. The SMILES string of the molecule is CC(CCCC(O)C(F)(F)F)[C@H]1CC[C@H]2[C@@H]3CC=C4C[C@@H](O)CC[C@]4(C)[C@H]3CC[C@]12C. The Kier molecular flexibility index (Phi) is 6.35. The van der Waals surface area contributed by atoms with Crippen molar-refractivity contribution >= 4 is 0 Å². The quantitative estimate of drug-likeness (QED) is 0.468. The van der Waals surface area contributed by atoms with E-state index in [9.17, 15) is 23.4 Å². The molecule has 3 saturated carbocycles. The first-order chi connectivity index (χ1) is 14.5. The molecular formula is C26H41F3O2. The van der Waals surface area contributed by atoms with Crippen molar-refractivity contribution in [1.82, 2.24) is 0 Å². The molecule has 2 N–H and O–H groups in total. The highest BCUT2D eigenvalue weighted by Gasteiger charge is 2.59. The maximum Gasteiger partial charge on any atom is 0.414 e. The minimum absolute atomic E-state index is 0.169. The monoisotopic (exact) mass is 442 g/mol. The largest absolute Gasteiger partial charge is 0.414 e. The number of alkyl halides is 3. The summed E-state index contributed by atoms with van der Waals surface area (Å²) in [7, 11) is 0. The van der Waals surface area contributed by atoms with Crippen molar-refractivity contribution in [2.45, 2.75) is 110 Å². The number of aliphatic hydroxyl groups excluding tert-OH is 2. The van der Waals surface area contributed by atoms with Gasteiger partial charge < -0.3 is 10.2 Å². The molecule has 0 aromatic carbocycles. The van der Waals surface area contributed by atoms with E-state index in [1.807, 2.05) is 0 Å². The van der Waals surface area contributed by atoms with Gasteiger partial charge in [0, 0.05) is 0 Å². The number of rotatable bonds is 5. The summed E-state index contributed by atoms with van der Waals surface area (Å²) in [6.07, 6.45) is 5.59. The number of allylic oxidation sites excluding steroid dienone is 1. The highest BCUT2D eigenvalue weighted by Crippen LogP contribution is 2.67. The van der Waals surface area contributed by atoms with Crippen LogP contribution in [-0.2, 0) is 0 Å². The van der Waals surface area contributed by atoms with Crippen LogP contribution in [0, 0.1) is 40.4 Å². The van der Waals surface area contributed by atoms with Gasteiger partial charge in [0.05, 0.1) is 6.10 Å². The summed E-state index contributed by atoms with van der Waals surface area (Å²) in [6.45, 7) is 7.15. The smallest absolute Gasteiger partial charge is 0.393 e. The van der Waals surface area contributed by atoms with E-state index in [0.717, 1.165) is 32.1 Å². The molecule has 2 unspecified atom stereocenters. The summed E-state index contributed by atoms with van der Waals surface area (Å²) in [4.78, 5) is 0. The molecule has 0 heterocycles. The standard InChI is InChI=1S/C26H41F3O2/c1-16(5-4-6-23(31)26(27,28)29)20-9-10-21-19-8-7-17-15-18(30)11-13-24(17,2)22(19)12-14-25(20,21)3/h7,16,18-23,30-31H,4-6,8-15H2,1-3H3/t16?,18-,19-,20+,21-,22-,23?,24-,25+/m0/s1. The number of hydrogen-bond donors (Lipinski definition) is 2. The molecule has 2 nitrogen and oxygen atoms in total. The second-order valence-electron chi connectivity index (χ2n) is 11.8. The van der Waals surface area contributed by atoms with Crippen molar-refractivity contribution < 1.29 is 23.4 Å². The minimum atomic E-state index is -4.50. The molecule has 0 amide bonds. The lowest BCUT2D eigenvalue weighted by Crippen LogP contribution is -2.50. The lowest BCUT2D eigenvalue weighted by atomic mass is 9.47. The molecule has 0 spiro atoms. The normalized spacial score (nSPS) is 44.6. The van der Waals surface area contributed by atoms with E-state index in [1.165, 1.54) is 31.3 Å². The fourth-order valence-corrected chi connectivity index (χ4v) is 8.62. The first kappa shape index (κ1) is 23.6. The summed E-state index contributed by atoms with van der Waals surface area (Å²) in [5, 5.41) is 19.5. The third-order valence-electron chi connectivity index (χ3n) is 10.4. The Hall–Kier alpha value is -0.550. The van der Waals surface area contributed by atoms with Crippen molar-refractivity contribution in [3.63, 3.8) is 0 Å². The highest BCUT2D eigenvalue weighted by atomic mass is 19.4. The third kappa shape index (κ3) is 4.11. The van der Waals surface area contributed by atoms with Gasteiger partial charge in [-0.1, -0.05) is 45.3 Å². The van der Waals surface area contributed by atoms with E-state index >= 15 is 0 Å². The highest BCUT2D eigenvalue weighted by molar-refractivity contribution is 5.25. The van der Waals surface area contributed by atoms with Gasteiger partial charge in [0.15, 0.2) is 0 Å². The van der Waals surface area contributed by atoms with Gasteiger partial charge in [0.1, 0.15) is 6.10 Å². The zero-order valence-electron chi connectivity index (χ0n) is 19.4. The molecule has 0 bridgehead atoms. The summed E-state index contributed by atoms with van der Waals surface area (Å²) in [5.41, 5.74) is 2.04. The molecule has 0 saturated heterocycles. The molecule has 0 radical (unpaired) electrons. The van der Waals surface area contributed by atoms with Gasteiger partial charge in [-0.05, 0) is 98.2 Å². The first-order valence-corrected chi connectivity index (χ1v) is 12.6. The van der Waals surface area contributed by atoms with Gasteiger partial charge in [-0.15, -0.1) is 0 Å². The number of fused-ring (bicyclic) bond motifs is 5. The molecule has 5 heteroatoms. The molecule has 4 aliphatic carbocycles. The molecule has 178 valence electrons. The molecular weight excluding hydrogens is 401 g/mol. The van der Waals surface area contributed by atoms with Gasteiger partial charge >= 0.3 is 6.18 Å². The van der Waals surface area contributed by atoms with Crippen LogP contribution in [0.5, 0.6) is 0 Å². The minimum Gasteiger partial charge on any atom is -0.393 e. The zero-order valence-corrected chi connectivity index (χ0v) is 19.4. The molecule has 0 aromatic rings. The molecule has 4 rings (SSSR count). The van der Waals surface area contributed by atoms with Crippen molar-refractivity contribution in [1.29, 1.82) is 0 Å². The van der Waals surface area contributed by atoms with Crippen molar-refractivity contribution in [2.24, 2.45) is 40.4 Å². The predicted molar refractivity (Wildman–Crippen MR) is 116 cm³/mol. The second-order valence-corrected chi connectivity index (χ2v) is 11.8. The Morgan fingerprint density at radius 2 is 1.81 bits per heavy atom. The number of aliphatic hydroxyl groups is 2. The summed E-state index contributed by atoms with van der Waals surface area (Å²) >= 11 is 0. The van der Waals surface area contributed by atoms with Crippen LogP contribution in [0.1, 0.15) is 91.4 Å². The average molecular weight is 443 g/mol. The lowest BCUT2D eigenvalue weighted by Gasteiger charge is -2.58. The third-order valence-corrected chi connectivity index (χ3v) is 10.4. The molecule has 4 aliphatic rings. The van der Waals surface area contributed by atoms with Gasteiger partial charge in [0.2, 0.25) is 0 Å². The van der Waals surface area contributed by atoms with Crippen LogP contribution in [0.25, 0.3) is 0 Å². The molecule has 9 atom stereocenters. The van der Waals surface area contributed by atoms with Crippen LogP contribution >= 0.6 is 0 Å². The van der Waals surface area contributed by atoms with E-state index in [0.29, 0.717) is 41.4 Å². The predicted octanol–water partition coefficient (Wildman–Crippen LogP) is 6.66. The maximum atomic E-state index is 12.6. The topological polar surface area (TPSA) is 40.5 Å². The molecule has 0 aromatic heterocycles. The van der Waals surface area contributed by atoms with Crippen LogP contribution in [0.2, 0.25) is 0 Å². The van der Waals surface area contributed by atoms with Crippen LogP contribution in [0.3, 0.4) is 0 Å². The van der Waals surface area contributed by atoms with Gasteiger partial charge in [-0.25, -0.2) is 0 Å². The van der Waals surface area contributed by atoms with E-state index in [4.69, 9.17) is 0 Å². The van der Waals surface area contributed by atoms with Crippen LogP contribution < -0.4 is 0 Å². The molecule has 0 aliphatic heterocycles. The Morgan fingerprint density at radius 1 is 1.06 bits per heavy atom. The Labute approximate surface area is 185 Å². The fourth-order valence-electron chi connectivity index (χ4n) is 8.62. The van der Waals surface area contributed by atoms with E-state index < -0.39 is 12.3 Å². The fraction of sp³-hybridized carbons (Fsp3) is 0.923. The second kappa shape index (κ2) is 8.34. The zero-order chi connectivity index (χ0) is 22.6. The lowest BCUT2D eigenvalue weighted by molar-refractivity contribution is -0.205. The van der Waals surface area contributed by atoms with Crippen LogP contribution in [-0.4, -0.2) is 28.6 Å². The average Bonchev–Trinajstić information content (AvgIpc) is 3.05. The summed E-state index contributed by atoms with van der Waals surface area (Å²) in [6, 6.07) is 0. The van der Waals surface area contributed by atoms with Crippen molar-refractivity contribution in [3.8, 4) is 0 Å². The van der Waals surface area contributed by atoms with Crippen molar-refractivity contribution in [2.75, 3.05) is 0 Å². The summed E-state index contributed by atoms with van der Waals surface area (Å²) in [5.74, 6) is 3.12. The Bertz CT molecular complexity index is 689. The van der Waals surface area contributed by atoms with Gasteiger partial charge in [0.25, 0.3) is 0 Å². The summed E-state index contributed by atoms with van der Waals surface area (Å²) < 4.78 is 37.9. The molecule has 3 fully saturated rings. The Balaban J connectivity index is 1.42. The van der Waals surface area contributed by atoms with E-state index in [1.54, 1.807) is 0 Å². The number of hydrogen-bond acceptors (Lipinski definition) is 2. The molecule has 31 heavy (non-hydrogen) atoms.